The van der Waals surface area contributed by atoms with E-state index in [1.807, 2.05) is 42.5 Å². The SMILES string of the molecule is CC(=O)NCCc1cccc2ccc(OCCOc3ccc4occ(CCNC(=O)c5ccco5)c4c3)cc12. The van der Waals surface area contributed by atoms with Crippen molar-refractivity contribution in [2.45, 2.75) is 19.8 Å². The van der Waals surface area contributed by atoms with Gasteiger partial charge in [-0.15, -0.1) is 0 Å². The predicted octanol–water partition coefficient (Wildman–Crippen LogP) is 5.29. The zero-order chi connectivity index (χ0) is 27.0. The molecule has 0 saturated carbocycles. The second kappa shape index (κ2) is 12.2. The van der Waals surface area contributed by atoms with Crippen LogP contribution in [-0.2, 0) is 17.6 Å². The maximum atomic E-state index is 12.1. The highest BCUT2D eigenvalue weighted by molar-refractivity contribution is 5.91. The lowest BCUT2D eigenvalue weighted by Gasteiger charge is -2.11. The summed E-state index contributed by atoms with van der Waals surface area (Å²) >= 11 is 0. The molecule has 0 bridgehead atoms. The van der Waals surface area contributed by atoms with Crippen LogP contribution in [0.5, 0.6) is 11.5 Å². The molecule has 0 aliphatic rings. The number of amides is 2. The van der Waals surface area contributed by atoms with Gasteiger partial charge in [0, 0.05) is 31.0 Å². The van der Waals surface area contributed by atoms with Crippen LogP contribution in [0.3, 0.4) is 0 Å². The normalized spacial score (nSPS) is 11.0. The van der Waals surface area contributed by atoms with Gasteiger partial charge in [-0.25, -0.2) is 0 Å². The molecule has 3 aromatic carbocycles. The molecular weight excluding hydrogens is 496 g/mol. The molecule has 2 aromatic heterocycles. The van der Waals surface area contributed by atoms with E-state index in [1.54, 1.807) is 18.4 Å². The molecule has 0 saturated heterocycles. The number of benzene rings is 3. The van der Waals surface area contributed by atoms with Crippen molar-refractivity contribution in [1.29, 1.82) is 0 Å². The van der Waals surface area contributed by atoms with Crippen molar-refractivity contribution in [3.8, 4) is 11.5 Å². The Bertz CT molecular complexity index is 1570. The molecule has 5 aromatic rings. The zero-order valence-electron chi connectivity index (χ0n) is 21.7. The van der Waals surface area contributed by atoms with Crippen molar-refractivity contribution in [1.82, 2.24) is 10.6 Å². The standard InChI is InChI=1S/C31H30N2O6/c1-21(34)32-13-11-23-5-2-4-22-7-8-25(18-27(22)23)36-16-17-37-26-9-10-29-28(19-26)24(20-39-29)12-14-33-31(35)30-6-3-15-38-30/h2-10,15,18-20H,11-14,16-17H2,1H3,(H,32,34)(H,33,35). The predicted molar refractivity (Wildman–Crippen MR) is 148 cm³/mol. The van der Waals surface area contributed by atoms with E-state index in [0.29, 0.717) is 38.5 Å². The summed E-state index contributed by atoms with van der Waals surface area (Å²) in [6, 6.07) is 21.2. The van der Waals surface area contributed by atoms with Crippen LogP contribution in [-0.4, -0.2) is 38.1 Å². The van der Waals surface area contributed by atoms with Gasteiger partial charge in [0.2, 0.25) is 5.91 Å². The van der Waals surface area contributed by atoms with Crippen molar-refractivity contribution >= 4 is 33.6 Å². The highest BCUT2D eigenvalue weighted by atomic mass is 16.5. The molecule has 0 unspecified atom stereocenters. The number of hydrogen-bond acceptors (Lipinski definition) is 6. The Labute approximate surface area is 225 Å². The number of furan rings is 2. The van der Waals surface area contributed by atoms with Crippen LogP contribution in [0, 0.1) is 0 Å². The number of nitrogens with one attached hydrogen (secondary N) is 2. The summed E-state index contributed by atoms with van der Waals surface area (Å²) in [4.78, 5) is 23.3. The molecule has 200 valence electrons. The third kappa shape index (κ3) is 6.59. The third-order valence-corrected chi connectivity index (χ3v) is 6.38. The average Bonchev–Trinajstić information content (AvgIpc) is 3.62. The maximum Gasteiger partial charge on any atom is 0.286 e. The minimum Gasteiger partial charge on any atom is -0.490 e. The molecule has 0 spiro atoms. The lowest BCUT2D eigenvalue weighted by Crippen LogP contribution is -2.25. The molecule has 0 aliphatic heterocycles. The molecule has 2 N–H and O–H groups in total. The van der Waals surface area contributed by atoms with Crippen LogP contribution < -0.4 is 20.1 Å². The molecule has 0 aliphatic carbocycles. The number of carbonyl (C=O) groups excluding carboxylic acids is 2. The summed E-state index contributed by atoms with van der Waals surface area (Å²) in [5.74, 6) is 1.49. The Hall–Kier alpha value is -4.72. The Morgan fingerprint density at radius 2 is 1.51 bits per heavy atom. The molecule has 2 amide bonds. The first-order chi connectivity index (χ1) is 19.1. The molecule has 8 heteroatoms. The second-order valence-corrected chi connectivity index (χ2v) is 9.13. The summed E-state index contributed by atoms with van der Waals surface area (Å²) < 4.78 is 22.7. The Kier molecular flexibility index (Phi) is 8.12. The summed E-state index contributed by atoms with van der Waals surface area (Å²) in [6.45, 7) is 3.33. The first-order valence-corrected chi connectivity index (χ1v) is 12.9. The van der Waals surface area contributed by atoms with Crippen LogP contribution >= 0.6 is 0 Å². The van der Waals surface area contributed by atoms with Crippen LogP contribution in [0.2, 0.25) is 0 Å². The van der Waals surface area contributed by atoms with E-state index in [4.69, 9.17) is 18.3 Å². The number of fused-ring (bicyclic) bond motifs is 2. The molecular formula is C31H30N2O6. The number of hydrogen-bond donors (Lipinski definition) is 2. The first-order valence-electron chi connectivity index (χ1n) is 12.9. The molecule has 0 fully saturated rings. The zero-order valence-corrected chi connectivity index (χ0v) is 21.7. The van der Waals surface area contributed by atoms with Gasteiger partial charge in [-0.05, 0) is 71.6 Å². The van der Waals surface area contributed by atoms with Gasteiger partial charge >= 0.3 is 0 Å². The molecule has 0 atom stereocenters. The highest BCUT2D eigenvalue weighted by Crippen LogP contribution is 2.27. The third-order valence-electron chi connectivity index (χ3n) is 6.38. The van der Waals surface area contributed by atoms with E-state index >= 15 is 0 Å². The summed E-state index contributed by atoms with van der Waals surface area (Å²) in [5.41, 5.74) is 2.90. The average molecular weight is 527 g/mol. The molecule has 8 nitrogen and oxygen atoms in total. The van der Waals surface area contributed by atoms with Crippen molar-refractivity contribution in [2.24, 2.45) is 0 Å². The Morgan fingerprint density at radius 3 is 2.28 bits per heavy atom. The van der Waals surface area contributed by atoms with E-state index in [0.717, 1.165) is 45.0 Å². The van der Waals surface area contributed by atoms with Gasteiger partial charge in [-0.1, -0.05) is 24.3 Å². The van der Waals surface area contributed by atoms with Crippen molar-refractivity contribution in [3.05, 3.63) is 96.1 Å². The number of ether oxygens (including phenoxy) is 2. The Balaban J connectivity index is 1.14. The monoisotopic (exact) mass is 526 g/mol. The fourth-order valence-electron chi connectivity index (χ4n) is 4.47. The quantitative estimate of drug-likeness (QED) is 0.214. The molecule has 2 heterocycles. The van der Waals surface area contributed by atoms with E-state index in [1.165, 1.54) is 13.2 Å². The minimum atomic E-state index is -0.246. The van der Waals surface area contributed by atoms with Gasteiger partial charge in [0.1, 0.15) is 30.3 Å². The number of rotatable bonds is 12. The molecule has 0 radical (unpaired) electrons. The maximum absolute atomic E-state index is 12.1. The minimum absolute atomic E-state index is 0.0305. The molecule has 5 rings (SSSR count). The van der Waals surface area contributed by atoms with Gasteiger partial charge in [0.15, 0.2) is 5.76 Å². The van der Waals surface area contributed by atoms with E-state index in [2.05, 4.69) is 22.8 Å². The number of carbonyl (C=O) groups is 2. The van der Waals surface area contributed by atoms with Crippen molar-refractivity contribution < 1.29 is 27.9 Å². The second-order valence-electron chi connectivity index (χ2n) is 9.13. The van der Waals surface area contributed by atoms with Gasteiger partial charge in [-0.3, -0.25) is 9.59 Å². The van der Waals surface area contributed by atoms with Gasteiger partial charge in [0.05, 0.1) is 12.5 Å². The van der Waals surface area contributed by atoms with E-state index in [9.17, 15) is 9.59 Å². The lowest BCUT2D eigenvalue weighted by atomic mass is 10.0. The van der Waals surface area contributed by atoms with Crippen molar-refractivity contribution in [2.75, 3.05) is 26.3 Å². The van der Waals surface area contributed by atoms with E-state index in [-0.39, 0.29) is 17.6 Å². The van der Waals surface area contributed by atoms with Crippen LogP contribution in [0.4, 0.5) is 0 Å². The lowest BCUT2D eigenvalue weighted by molar-refractivity contribution is -0.118. The summed E-state index contributed by atoms with van der Waals surface area (Å²) in [5, 5.41) is 8.89. The van der Waals surface area contributed by atoms with Gasteiger partial charge < -0.3 is 28.9 Å². The smallest absolute Gasteiger partial charge is 0.286 e. The fourth-order valence-corrected chi connectivity index (χ4v) is 4.47. The van der Waals surface area contributed by atoms with Crippen LogP contribution in [0.15, 0.2) is 88.1 Å². The van der Waals surface area contributed by atoms with Crippen molar-refractivity contribution in [3.63, 3.8) is 0 Å². The highest BCUT2D eigenvalue weighted by Gasteiger charge is 2.11. The summed E-state index contributed by atoms with van der Waals surface area (Å²) in [6.07, 6.45) is 4.54. The van der Waals surface area contributed by atoms with Crippen LogP contribution in [0.1, 0.15) is 28.6 Å². The summed E-state index contributed by atoms with van der Waals surface area (Å²) in [7, 11) is 0. The Morgan fingerprint density at radius 1 is 0.769 bits per heavy atom. The first kappa shape index (κ1) is 25.9. The van der Waals surface area contributed by atoms with E-state index < -0.39 is 0 Å². The largest absolute Gasteiger partial charge is 0.490 e. The fraction of sp³-hybridized carbons (Fsp3) is 0.226. The topological polar surface area (TPSA) is 103 Å². The van der Waals surface area contributed by atoms with Crippen LogP contribution in [0.25, 0.3) is 21.7 Å². The molecule has 39 heavy (non-hydrogen) atoms. The van der Waals surface area contributed by atoms with Gasteiger partial charge in [-0.2, -0.15) is 0 Å². The van der Waals surface area contributed by atoms with Gasteiger partial charge in [0.25, 0.3) is 5.91 Å².